The normalized spacial score (nSPS) is 15.4. The summed E-state index contributed by atoms with van der Waals surface area (Å²) in [5.74, 6) is -0.318. The van der Waals surface area contributed by atoms with E-state index in [1.807, 2.05) is 29.0 Å². The van der Waals surface area contributed by atoms with E-state index in [2.05, 4.69) is 9.97 Å². The Hall–Kier alpha value is -2.60. The van der Waals surface area contributed by atoms with E-state index in [0.29, 0.717) is 10.4 Å². The van der Waals surface area contributed by atoms with Crippen LogP contribution in [0.2, 0.25) is 0 Å². The fourth-order valence-electron chi connectivity index (χ4n) is 2.90. The molecule has 0 radical (unpaired) electrons. The third-order valence-electron chi connectivity index (χ3n) is 4.06. The van der Waals surface area contributed by atoms with Crippen molar-refractivity contribution in [2.24, 2.45) is 0 Å². The van der Waals surface area contributed by atoms with Gasteiger partial charge in [-0.1, -0.05) is 0 Å². The van der Waals surface area contributed by atoms with Crippen LogP contribution in [0.15, 0.2) is 53.8 Å². The van der Waals surface area contributed by atoms with Crippen molar-refractivity contribution in [1.82, 2.24) is 14.5 Å². The summed E-state index contributed by atoms with van der Waals surface area (Å²) in [5.41, 5.74) is 2.47. The predicted molar refractivity (Wildman–Crippen MR) is 96.8 cm³/mol. The number of nitrogens with zero attached hydrogens (tertiary/aromatic N) is 3. The van der Waals surface area contributed by atoms with Gasteiger partial charge in [0.15, 0.2) is 0 Å². The van der Waals surface area contributed by atoms with Gasteiger partial charge >= 0.3 is 152 Å². The molecule has 1 aliphatic rings. The second-order valence-electron chi connectivity index (χ2n) is 5.51. The molecule has 120 valence electrons. The van der Waals surface area contributed by atoms with E-state index in [4.69, 9.17) is 0 Å². The Morgan fingerprint density at radius 1 is 1.04 bits per heavy atom. The van der Waals surface area contributed by atoms with Crippen molar-refractivity contribution >= 4 is 54.6 Å². The molecule has 4 heterocycles. The predicted octanol–water partition coefficient (Wildman–Crippen LogP) is 3.00. The first-order valence-corrected chi connectivity index (χ1v) is 10.1. The summed E-state index contributed by atoms with van der Waals surface area (Å²) >= 11 is 1.32. The average molecular weight is 410 g/mol. The van der Waals surface area contributed by atoms with Crippen molar-refractivity contribution in [3.63, 3.8) is 0 Å². The summed E-state index contributed by atoms with van der Waals surface area (Å²) in [6, 6.07) is 7.64. The van der Waals surface area contributed by atoms with Gasteiger partial charge in [0.1, 0.15) is 0 Å². The van der Waals surface area contributed by atoms with Gasteiger partial charge in [0.25, 0.3) is 0 Å². The van der Waals surface area contributed by atoms with Crippen molar-refractivity contribution in [3.05, 3.63) is 68.7 Å². The van der Waals surface area contributed by atoms with E-state index < -0.39 is 0 Å². The molecule has 5 rings (SSSR count). The maximum absolute atomic E-state index is 12.4. The second kappa shape index (κ2) is 5.46. The first-order chi connectivity index (χ1) is 12.2. The molecule has 0 fully saturated rings. The van der Waals surface area contributed by atoms with Crippen LogP contribution in [0.4, 0.5) is 0 Å². The number of carbonyl (C=O) groups is 2. The molecule has 0 spiro atoms. The topological polar surface area (TPSA) is 64.8 Å². The number of rotatable bonds is 2. The average Bonchev–Trinajstić information content (AvgIpc) is 3.38. The van der Waals surface area contributed by atoms with Gasteiger partial charge in [-0.25, -0.2) is 0 Å². The Bertz CT molecular complexity index is 1170. The first kappa shape index (κ1) is 14.7. The van der Waals surface area contributed by atoms with Gasteiger partial charge < -0.3 is 0 Å². The van der Waals surface area contributed by atoms with E-state index in [0.717, 1.165) is 20.2 Å². The maximum atomic E-state index is 12.4. The number of carbonyl (C=O) groups excluding carboxylic acids is 2. The quantitative estimate of drug-likeness (QED) is 0.290. The number of hydrogen-bond acceptors (Lipinski definition) is 5. The van der Waals surface area contributed by atoms with Gasteiger partial charge in [-0.15, -0.1) is 0 Å². The Morgan fingerprint density at radius 3 is 2.80 bits per heavy atom. The van der Waals surface area contributed by atoms with Gasteiger partial charge in [0, 0.05) is 0 Å². The van der Waals surface area contributed by atoms with E-state index in [-0.39, 0.29) is 31.6 Å². The number of allylic oxidation sites excluding steroid dienone is 1. The fourth-order valence-corrected chi connectivity index (χ4v) is 5.70. The summed E-state index contributed by atoms with van der Waals surface area (Å²) in [6.45, 7) is 0. The first-order valence-electron chi connectivity index (χ1n) is 7.49. The van der Waals surface area contributed by atoms with Crippen LogP contribution in [0.3, 0.4) is 0 Å². The second-order valence-corrected chi connectivity index (χ2v) is 8.72. The molecule has 0 aromatic carbocycles. The molecule has 1 aliphatic carbocycles. The summed E-state index contributed by atoms with van der Waals surface area (Å²) < 4.78 is 4.11. The van der Waals surface area contributed by atoms with Crippen molar-refractivity contribution in [2.75, 3.05) is 0 Å². The van der Waals surface area contributed by atoms with Crippen molar-refractivity contribution in [3.8, 4) is 4.56 Å². The number of thiophene rings is 1. The number of hydrogen-bond donors (Lipinski definition) is 0. The summed E-state index contributed by atoms with van der Waals surface area (Å²) in [4.78, 5) is 34.0. The number of Topliss-reactive ketones (excluding diaryl/α,β-unsaturated/α-hetero) is 2. The third-order valence-corrected chi connectivity index (χ3v) is 7.14. The van der Waals surface area contributed by atoms with Gasteiger partial charge in [0.05, 0.1) is 0 Å². The molecular weight excluding hydrogens is 401 g/mol. The molecule has 4 aromatic heterocycles. The molecule has 25 heavy (non-hydrogen) atoms. The van der Waals surface area contributed by atoms with E-state index >= 15 is 0 Å². The number of aromatic nitrogens is 3. The van der Waals surface area contributed by atoms with E-state index in [1.165, 1.54) is 11.3 Å². The zero-order valence-electron chi connectivity index (χ0n) is 12.7. The molecule has 0 aliphatic heterocycles. The molecule has 5 nitrogen and oxygen atoms in total. The fraction of sp³-hybridized carbons (Fsp3) is 0. The molecule has 0 amide bonds. The van der Waals surface area contributed by atoms with Crippen LogP contribution in [0.5, 0.6) is 0 Å². The van der Waals surface area contributed by atoms with Crippen LogP contribution in [-0.2, 0) is 0 Å². The van der Waals surface area contributed by atoms with Gasteiger partial charge in [-0.05, 0) is 0 Å². The molecular formula is C18H9N3O2SSe. The molecule has 0 saturated heterocycles. The Morgan fingerprint density at radius 2 is 1.92 bits per heavy atom. The van der Waals surface area contributed by atoms with Crippen LogP contribution in [-0.4, -0.2) is 40.6 Å². The number of ketones is 2. The summed E-state index contributed by atoms with van der Waals surface area (Å²) in [7, 11) is 0. The Labute approximate surface area is 152 Å². The van der Waals surface area contributed by atoms with Gasteiger partial charge in [-0.2, -0.15) is 0 Å². The van der Waals surface area contributed by atoms with E-state index in [1.54, 1.807) is 29.9 Å². The van der Waals surface area contributed by atoms with Crippen molar-refractivity contribution in [2.45, 2.75) is 0 Å². The van der Waals surface area contributed by atoms with Crippen LogP contribution in [0, 0.1) is 0 Å². The molecule has 0 saturated carbocycles. The standard InChI is InChI=1S/C18H9N3O2SSe/c22-15-11-4-8-24-17(11)16(23)12(15)9-10-1-2-14(25-10)21-7-3-13-18(21)20-6-5-19-13/h1-9H/b12-9+. The molecule has 4 aromatic rings. The Balaban J connectivity index is 1.55. The minimum absolute atomic E-state index is 0.00690. The zero-order valence-corrected chi connectivity index (χ0v) is 15.2. The Kier molecular flexibility index (Phi) is 3.21. The van der Waals surface area contributed by atoms with Crippen LogP contribution >= 0.6 is 11.3 Å². The van der Waals surface area contributed by atoms with Crippen LogP contribution < -0.4 is 0 Å². The zero-order chi connectivity index (χ0) is 17.0. The summed E-state index contributed by atoms with van der Waals surface area (Å²) in [6.07, 6.45) is 7.04. The minimum atomic E-state index is -0.163. The molecule has 7 heteroatoms. The van der Waals surface area contributed by atoms with Crippen molar-refractivity contribution in [1.29, 1.82) is 0 Å². The number of fused-ring (bicyclic) bond motifs is 2. The molecule has 0 atom stereocenters. The third kappa shape index (κ3) is 2.21. The van der Waals surface area contributed by atoms with Crippen LogP contribution in [0.25, 0.3) is 21.8 Å². The van der Waals surface area contributed by atoms with Gasteiger partial charge in [-0.3, -0.25) is 0 Å². The molecule has 0 unspecified atom stereocenters. The molecule has 0 N–H and O–H groups in total. The SMILES string of the molecule is O=C1/C(=C\c2ccc(-n3ccc4nccnc43)[se]2)C(=O)c2sccc21. The van der Waals surface area contributed by atoms with Gasteiger partial charge in [0.2, 0.25) is 0 Å². The van der Waals surface area contributed by atoms with Crippen LogP contribution in [0.1, 0.15) is 24.5 Å². The monoisotopic (exact) mass is 411 g/mol. The van der Waals surface area contributed by atoms with E-state index in [9.17, 15) is 9.59 Å². The van der Waals surface area contributed by atoms with Crippen molar-refractivity contribution < 1.29 is 9.59 Å². The molecule has 0 bridgehead atoms. The summed E-state index contributed by atoms with van der Waals surface area (Å²) in [5, 5.41) is 1.79.